The molecule has 2 rings (SSSR count). The summed E-state index contributed by atoms with van der Waals surface area (Å²) in [6.45, 7) is 7.15. The van der Waals surface area contributed by atoms with E-state index in [1.807, 2.05) is 25.1 Å². The van der Waals surface area contributed by atoms with Crippen LogP contribution in [-0.2, 0) is 6.42 Å². The number of benzene rings is 1. The largest absolute Gasteiger partial charge is 0.370 e. The van der Waals surface area contributed by atoms with Crippen LogP contribution in [0.3, 0.4) is 0 Å². The molecule has 0 atom stereocenters. The first-order valence-corrected chi connectivity index (χ1v) is 7.65. The molecule has 4 nitrogen and oxygen atoms in total. The fraction of sp³-hybridized carbons (Fsp3) is 0.375. The van der Waals surface area contributed by atoms with Crippen molar-refractivity contribution in [3.05, 3.63) is 40.7 Å². The Bertz CT molecular complexity index is 593. The van der Waals surface area contributed by atoms with Crippen LogP contribution < -0.4 is 10.6 Å². The molecule has 2 aromatic rings. The second kappa shape index (κ2) is 7.27. The lowest BCUT2D eigenvalue weighted by Gasteiger charge is -2.16. The highest BCUT2D eigenvalue weighted by Crippen LogP contribution is 2.30. The molecule has 0 radical (unpaired) electrons. The molecule has 0 amide bonds. The molecule has 0 bridgehead atoms. The van der Waals surface area contributed by atoms with Gasteiger partial charge in [-0.3, -0.25) is 0 Å². The Labute approximate surface area is 131 Å². The minimum atomic E-state index is 0.693. The number of hydrogen-bond acceptors (Lipinski definition) is 4. The summed E-state index contributed by atoms with van der Waals surface area (Å²) in [5, 5.41) is 7.39. The van der Waals surface area contributed by atoms with Crippen molar-refractivity contribution in [3.8, 4) is 0 Å². The van der Waals surface area contributed by atoms with Gasteiger partial charge in [0, 0.05) is 12.1 Å². The zero-order valence-corrected chi connectivity index (χ0v) is 13.5. The van der Waals surface area contributed by atoms with Crippen LogP contribution in [-0.4, -0.2) is 16.5 Å². The van der Waals surface area contributed by atoms with Crippen LogP contribution in [0.2, 0.25) is 5.02 Å². The molecule has 0 saturated heterocycles. The van der Waals surface area contributed by atoms with E-state index in [-0.39, 0.29) is 0 Å². The number of anilines is 3. The maximum absolute atomic E-state index is 6.28. The van der Waals surface area contributed by atoms with E-state index in [9.17, 15) is 0 Å². The highest BCUT2D eigenvalue weighted by atomic mass is 35.5. The van der Waals surface area contributed by atoms with Gasteiger partial charge in [-0.15, -0.1) is 0 Å². The monoisotopic (exact) mass is 304 g/mol. The van der Waals surface area contributed by atoms with Crippen LogP contribution in [0.5, 0.6) is 0 Å². The summed E-state index contributed by atoms with van der Waals surface area (Å²) in [4.78, 5) is 8.71. The van der Waals surface area contributed by atoms with Gasteiger partial charge in [-0.05, 0) is 31.4 Å². The topological polar surface area (TPSA) is 49.8 Å². The molecule has 112 valence electrons. The van der Waals surface area contributed by atoms with E-state index in [0.29, 0.717) is 5.02 Å². The molecular weight excluding hydrogens is 284 g/mol. The third-order valence-electron chi connectivity index (χ3n) is 3.31. The van der Waals surface area contributed by atoms with Crippen molar-refractivity contribution in [3.63, 3.8) is 0 Å². The van der Waals surface area contributed by atoms with Crippen LogP contribution in [0.25, 0.3) is 0 Å². The molecule has 21 heavy (non-hydrogen) atoms. The molecule has 0 unspecified atom stereocenters. The van der Waals surface area contributed by atoms with Crippen LogP contribution in [0, 0.1) is 6.92 Å². The predicted octanol–water partition coefficient (Wildman–Crippen LogP) is 4.57. The van der Waals surface area contributed by atoms with Crippen molar-refractivity contribution in [2.75, 3.05) is 17.2 Å². The number of nitrogens with zero attached hydrogens (tertiary/aromatic N) is 2. The minimum absolute atomic E-state index is 0.693. The number of rotatable bonds is 6. The Kier molecular flexibility index (Phi) is 5.39. The highest BCUT2D eigenvalue weighted by molar-refractivity contribution is 6.33. The van der Waals surface area contributed by atoms with Gasteiger partial charge in [0.05, 0.1) is 10.7 Å². The number of hydrogen-bond donors (Lipinski definition) is 2. The summed E-state index contributed by atoms with van der Waals surface area (Å²) < 4.78 is 0. The molecule has 0 fully saturated rings. The smallest absolute Gasteiger partial charge is 0.139 e. The van der Waals surface area contributed by atoms with Gasteiger partial charge in [-0.1, -0.05) is 37.6 Å². The average Bonchev–Trinajstić information content (AvgIpc) is 2.49. The van der Waals surface area contributed by atoms with Crippen LogP contribution in [0.1, 0.15) is 31.4 Å². The summed E-state index contributed by atoms with van der Waals surface area (Å²) in [7, 11) is 0. The van der Waals surface area contributed by atoms with E-state index in [1.54, 1.807) is 6.33 Å². The lowest BCUT2D eigenvalue weighted by Crippen LogP contribution is -2.09. The molecule has 0 spiro atoms. The molecule has 0 aliphatic carbocycles. The molecule has 0 aliphatic heterocycles. The number of para-hydroxylation sites is 1. The van der Waals surface area contributed by atoms with Gasteiger partial charge in [-0.25, -0.2) is 9.97 Å². The lowest BCUT2D eigenvalue weighted by molar-refractivity contribution is 0.949. The Hall–Kier alpha value is -1.81. The Morgan fingerprint density at radius 3 is 2.57 bits per heavy atom. The van der Waals surface area contributed by atoms with Crippen molar-refractivity contribution in [1.29, 1.82) is 0 Å². The molecule has 1 aromatic heterocycles. The maximum atomic E-state index is 6.28. The fourth-order valence-electron chi connectivity index (χ4n) is 2.16. The number of nitrogens with one attached hydrogen (secondary N) is 2. The summed E-state index contributed by atoms with van der Waals surface area (Å²) in [5.41, 5.74) is 3.06. The predicted molar refractivity (Wildman–Crippen MR) is 89.7 cm³/mol. The van der Waals surface area contributed by atoms with Crippen molar-refractivity contribution in [1.82, 2.24) is 9.97 Å². The van der Waals surface area contributed by atoms with Gasteiger partial charge >= 0.3 is 0 Å². The van der Waals surface area contributed by atoms with E-state index in [4.69, 9.17) is 11.6 Å². The first-order valence-electron chi connectivity index (χ1n) is 7.27. The zero-order valence-electron chi connectivity index (χ0n) is 12.7. The second-order valence-corrected chi connectivity index (χ2v) is 5.29. The number of aryl methyl sites for hydroxylation is 1. The van der Waals surface area contributed by atoms with Gasteiger partial charge < -0.3 is 10.6 Å². The standard InChI is InChI=1S/C16H21ClN4/c1-4-9-18-15-12(5-2)16(20-10-19-15)21-14-11(3)7-6-8-13(14)17/h6-8,10H,4-5,9H2,1-3H3,(H2,18,19,20,21). The normalized spacial score (nSPS) is 10.5. The van der Waals surface area contributed by atoms with Crippen LogP contribution in [0.4, 0.5) is 17.3 Å². The number of aromatic nitrogens is 2. The SMILES string of the molecule is CCCNc1ncnc(Nc2c(C)cccc2Cl)c1CC. The third-order valence-corrected chi connectivity index (χ3v) is 3.62. The van der Waals surface area contributed by atoms with Crippen LogP contribution in [0.15, 0.2) is 24.5 Å². The van der Waals surface area contributed by atoms with E-state index < -0.39 is 0 Å². The molecule has 0 saturated carbocycles. The van der Waals surface area contributed by atoms with Gasteiger partial charge in [0.2, 0.25) is 0 Å². The fourth-order valence-corrected chi connectivity index (χ4v) is 2.43. The van der Waals surface area contributed by atoms with E-state index in [0.717, 1.165) is 47.8 Å². The van der Waals surface area contributed by atoms with Crippen molar-refractivity contribution >= 4 is 28.9 Å². The highest BCUT2D eigenvalue weighted by Gasteiger charge is 2.12. The summed E-state index contributed by atoms with van der Waals surface area (Å²) in [5.74, 6) is 1.70. The van der Waals surface area contributed by atoms with E-state index in [1.165, 1.54) is 0 Å². The quantitative estimate of drug-likeness (QED) is 0.821. The van der Waals surface area contributed by atoms with Gasteiger partial charge in [0.25, 0.3) is 0 Å². The van der Waals surface area contributed by atoms with E-state index >= 15 is 0 Å². The summed E-state index contributed by atoms with van der Waals surface area (Å²) in [6.07, 6.45) is 3.48. The molecule has 1 aromatic carbocycles. The van der Waals surface area contributed by atoms with E-state index in [2.05, 4.69) is 34.4 Å². The van der Waals surface area contributed by atoms with Crippen molar-refractivity contribution in [2.24, 2.45) is 0 Å². The molecule has 5 heteroatoms. The molecular formula is C16H21ClN4. The molecule has 1 heterocycles. The summed E-state index contributed by atoms with van der Waals surface area (Å²) in [6, 6.07) is 5.84. The maximum Gasteiger partial charge on any atom is 0.139 e. The van der Waals surface area contributed by atoms with Gasteiger partial charge in [0.1, 0.15) is 18.0 Å². The lowest BCUT2D eigenvalue weighted by atomic mass is 10.1. The Morgan fingerprint density at radius 2 is 1.90 bits per heavy atom. The van der Waals surface area contributed by atoms with Crippen LogP contribution >= 0.6 is 11.6 Å². The minimum Gasteiger partial charge on any atom is -0.370 e. The van der Waals surface area contributed by atoms with Crippen molar-refractivity contribution < 1.29 is 0 Å². The molecule has 2 N–H and O–H groups in total. The first kappa shape index (κ1) is 15.6. The van der Waals surface area contributed by atoms with Crippen molar-refractivity contribution in [2.45, 2.75) is 33.6 Å². The van der Waals surface area contributed by atoms with Gasteiger partial charge in [0.15, 0.2) is 0 Å². The Balaban J connectivity index is 2.35. The Morgan fingerprint density at radius 1 is 1.14 bits per heavy atom. The zero-order chi connectivity index (χ0) is 15.2. The third kappa shape index (κ3) is 3.64. The van der Waals surface area contributed by atoms with Gasteiger partial charge in [-0.2, -0.15) is 0 Å². The average molecular weight is 305 g/mol. The second-order valence-electron chi connectivity index (χ2n) is 4.89. The first-order chi connectivity index (χ1) is 10.2. The molecule has 0 aliphatic rings. The summed E-state index contributed by atoms with van der Waals surface area (Å²) >= 11 is 6.28. The number of halogens is 1.